The van der Waals surface area contributed by atoms with Gasteiger partial charge < -0.3 is 0 Å². The minimum absolute atomic E-state index is 0.0329. The molecule has 5 rings (SSSR count). The molecular weight excluding hydrogens is 368 g/mol. The van der Waals surface area contributed by atoms with Gasteiger partial charge in [0.05, 0.1) is 0 Å². The molecule has 2 aliphatic rings. The minimum Gasteiger partial charge on any atom is -0.0619 e. The molecule has 0 fully saturated rings. The summed E-state index contributed by atoms with van der Waals surface area (Å²) in [6, 6.07) is 20.5. The van der Waals surface area contributed by atoms with Gasteiger partial charge in [0.1, 0.15) is 0 Å². The van der Waals surface area contributed by atoms with Crippen molar-refractivity contribution in [2.75, 3.05) is 0 Å². The Morgan fingerprint density at radius 3 is 1.76 bits per heavy atom. The Morgan fingerprint density at radius 2 is 1.08 bits per heavy atom. The van der Waals surface area contributed by atoms with Gasteiger partial charge in [-0.3, -0.25) is 0 Å². The van der Waals surface area contributed by atoms with Crippen molar-refractivity contribution in [3.63, 3.8) is 0 Å². The maximum absolute atomic E-state index is 3.65. The first kappa shape index (κ1) is 15.4. The van der Waals surface area contributed by atoms with Crippen molar-refractivity contribution in [1.29, 1.82) is 0 Å². The van der Waals surface area contributed by atoms with Crippen molar-refractivity contribution in [3.05, 3.63) is 81.3 Å². The summed E-state index contributed by atoms with van der Waals surface area (Å²) >= 11 is 3.65. The van der Waals surface area contributed by atoms with Crippen molar-refractivity contribution < 1.29 is 0 Å². The second-order valence-electron chi connectivity index (χ2n) is 8.43. The van der Waals surface area contributed by atoms with Crippen LogP contribution in [-0.2, 0) is 10.8 Å². The Labute approximate surface area is 158 Å². The number of hydrogen-bond donors (Lipinski definition) is 0. The highest BCUT2D eigenvalue weighted by molar-refractivity contribution is 9.10. The summed E-state index contributed by atoms with van der Waals surface area (Å²) in [6.07, 6.45) is 0. The third-order valence-corrected chi connectivity index (χ3v) is 6.83. The van der Waals surface area contributed by atoms with Gasteiger partial charge in [-0.05, 0) is 68.8 Å². The molecule has 25 heavy (non-hydrogen) atoms. The summed E-state index contributed by atoms with van der Waals surface area (Å²) in [5.41, 5.74) is 11.5. The molecule has 0 radical (unpaired) electrons. The van der Waals surface area contributed by atoms with Gasteiger partial charge in [-0.1, -0.05) is 74.0 Å². The van der Waals surface area contributed by atoms with Gasteiger partial charge in [0.15, 0.2) is 0 Å². The first-order chi connectivity index (χ1) is 11.8. The molecule has 0 heterocycles. The molecule has 0 aliphatic heterocycles. The first-order valence-electron chi connectivity index (χ1n) is 8.91. The lowest BCUT2D eigenvalue weighted by Crippen LogP contribution is -2.17. The standard InChI is InChI=1S/C24H21Br/c1-23(2)19-8-6-5-7-15(19)17-12-22-18(13-21(17)23)16-10-9-14(25)11-20(16)24(22,3)4/h5-13H,1-4H3. The third kappa shape index (κ3) is 1.83. The predicted molar refractivity (Wildman–Crippen MR) is 109 cm³/mol. The largest absolute Gasteiger partial charge is 0.0619 e. The van der Waals surface area contributed by atoms with E-state index in [1.165, 1.54) is 44.5 Å². The zero-order chi connectivity index (χ0) is 17.6. The molecule has 0 N–H and O–H groups in total. The lowest BCUT2D eigenvalue weighted by atomic mass is 9.79. The van der Waals surface area contributed by atoms with E-state index in [-0.39, 0.29) is 10.8 Å². The Morgan fingerprint density at radius 1 is 0.560 bits per heavy atom. The highest BCUT2D eigenvalue weighted by atomic mass is 79.9. The Hall–Kier alpha value is -1.86. The van der Waals surface area contributed by atoms with Crippen molar-refractivity contribution in [3.8, 4) is 22.3 Å². The molecule has 0 atom stereocenters. The quantitative estimate of drug-likeness (QED) is 0.386. The lowest BCUT2D eigenvalue weighted by molar-refractivity contribution is 0.652. The molecule has 1 heteroatoms. The molecule has 0 amide bonds. The molecule has 2 aliphatic carbocycles. The summed E-state index contributed by atoms with van der Waals surface area (Å²) in [7, 11) is 0. The van der Waals surface area contributed by atoms with Gasteiger partial charge >= 0.3 is 0 Å². The van der Waals surface area contributed by atoms with Gasteiger partial charge in [0, 0.05) is 15.3 Å². The first-order valence-corrected chi connectivity index (χ1v) is 9.70. The van der Waals surface area contributed by atoms with E-state index in [0.29, 0.717) is 0 Å². The SMILES string of the molecule is CC1(C)c2ccccc2-c2cc3c(cc21)-c1ccc(Br)cc1C3(C)C. The van der Waals surface area contributed by atoms with Gasteiger partial charge in [0.2, 0.25) is 0 Å². The van der Waals surface area contributed by atoms with Crippen molar-refractivity contribution in [2.45, 2.75) is 38.5 Å². The number of fused-ring (bicyclic) bond motifs is 6. The number of benzene rings is 3. The van der Waals surface area contributed by atoms with E-state index >= 15 is 0 Å². The molecule has 0 saturated heterocycles. The van der Waals surface area contributed by atoms with Gasteiger partial charge in [-0.2, -0.15) is 0 Å². The van der Waals surface area contributed by atoms with E-state index in [4.69, 9.17) is 0 Å². The second-order valence-corrected chi connectivity index (χ2v) is 9.34. The van der Waals surface area contributed by atoms with Crippen molar-refractivity contribution >= 4 is 15.9 Å². The summed E-state index contributed by atoms with van der Waals surface area (Å²) in [5.74, 6) is 0. The molecule has 0 bridgehead atoms. The number of halogens is 1. The molecule has 0 aromatic heterocycles. The monoisotopic (exact) mass is 388 g/mol. The van der Waals surface area contributed by atoms with Gasteiger partial charge in [-0.25, -0.2) is 0 Å². The average Bonchev–Trinajstić information content (AvgIpc) is 2.94. The molecule has 0 saturated carbocycles. The van der Waals surface area contributed by atoms with E-state index in [1.807, 2.05) is 0 Å². The highest BCUT2D eigenvalue weighted by Crippen LogP contribution is 2.56. The molecule has 0 nitrogen and oxygen atoms in total. The summed E-state index contributed by atoms with van der Waals surface area (Å²) < 4.78 is 1.16. The zero-order valence-corrected chi connectivity index (χ0v) is 16.7. The van der Waals surface area contributed by atoms with Crippen LogP contribution in [0.25, 0.3) is 22.3 Å². The molecule has 0 spiro atoms. The normalized spacial score (nSPS) is 17.6. The summed E-state index contributed by atoms with van der Waals surface area (Å²) in [6.45, 7) is 9.41. The average molecular weight is 389 g/mol. The fourth-order valence-corrected chi connectivity index (χ4v) is 5.26. The van der Waals surface area contributed by atoms with Crippen LogP contribution in [0, 0.1) is 0 Å². The molecule has 3 aromatic carbocycles. The predicted octanol–water partition coefficient (Wildman–Crippen LogP) is 7.06. The van der Waals surface area contributed by atoms with Crippen LogP contribution in [0.1, 0.15) is 49.9 Å². The molecular formula is C24H21Br. The molecule has 124 valence electrons. The second kappa shape index (κ2) is 4.65. The van der Waals surface area contributed by atoms with Crippen LogP contribution in [0.3, 0.4) is 0 Å². The third-order valence-electron chi connectivity index (χ3n) is 6.34. The number of hydrogen-bond acceptors (Lipinski definition) is 0. The van der Waals surface area contributed by atoms with Crippen LogP contribution in [-0.4, -0.2) is 0 Å². The zero-order valence-electron chi connectivity index (χ0n) is 15.1. The molecule has 0 unspecified atom stereocenters. The van der Waals surface area contributed by atoms with Gasteiger partial charge in [-0.15, -0.1) is 0 Å². The van der Waals surface area contributed by atoms with E-state index in [2.05, 4.69) is 98.2 Å². The van der Waals surface area contributed by atoms with Crippen LogP contribution < -0.4 is 0 Å². The Kier molecular flexibility index (Phi) is 2.86. The van der Waals surface area contributed by atoms with Crippen molar-refractivity contribution in [1.82, 2.24) is 0 Å². The fraction of sp³-hybridized carbons (Fsp3) is 0.250. The Balaban J connectivity index is 1.86. The van der Waals surface area contributed by atoms with Crippen LogP contribution in [0.4, 0.5) is 0 Å². The van der Waals surface area contributed by atoms with Gasteiger partial charge in [0.25, 0.3) is 0 Å². The maximum atomic E-state index is 3.65. The van der Waals surface area contributed by atoms with Crippen LogP contribution in [0.5, 0.6) is 0 Å². The smallest absolute Gasteiger partial charge is 0.0178 e. The lowest BCUT2D eigenvalue weighted by Gasteiger charge is -2.24. The topological polar surface area (TPSA) is 0 Å². The van der Waals surface area contributed by atoms with E-state index < -0.39 is 0 Å². The van der Waals surface area contributed by atoms with Crippen LogP contribution >= 0.6 is 15.9 Å². The van der Waals surface area contributed by atoms with E-state index in [1.54, 1.807) is 0 Å². The molecule has 3 aromatic rings. The number of rotatable bonds is 0. The Bertz CT molecular complexity index is 1050. The van der Waals surface area contributed by atoms with Crippen molar-refractivity contribution in [2.24, 2.45) is 0 Å². The highest BCUT2D eigenvalue weighted by Gasteiger charge is 2.41. The maximum Gasteiger partial charge on any atom is 0.0178 e. The minimum atomic E-state index is 0.0329. The summed E-state index contributed by atoms with van der Waals surface area (Å²) in [4.78, 5) is 0. The van der Waals surface area contributed by atoms with Crippen LogP contribution in [0.2, 0.25) is 0 Å². The van der Waals surface area contributed by atoms with E-state index in [0.717, 1.165) is 4.47 Å². The fourth-order valence-electron chi connectivity index (χ4n) is 4.90. The summed E-state index contributed by atoms with van der Waals surface area (Å²) in [5, 5.41) is 0. The van der Waals surface area contributed by atoms with Crippen LogP contribution in [0.15, 0.2) is 59.1 Å². The van der Waals surface area contributed by atoms with E-state index in [9.17, 15) is 0 Å².